The van der Waals surface area contributed by atoms with Crippen LogP contribution in [0.2, 0.25) is 0 Å². The summed E-state index contributed by atoms with van der Waals surface area (Å²) >= 11 is 0. The van der Waals surface area contributed by atoms with E-state index in [9.17, 15) is 0 Å². The number of hydrogen-bond acceptors (Lipinski definition) is 4. The maximum atomic E-state index is 8.49. The van der Waals surface area contributed by atoms with E-state index in [1.807, 2.05) is 0 Å². The summed E-state index contributed by atoms with van der Waals surface area (Å²) in [5.74, 6) is 0. The SMILES string of the molecule is [Cl-].[K+].[K+].[O-][Cl+3]([O-])([O-])[O-]. The quantitative estimate of drug-likeness (QED) is 0.373. The van der Waals surface area contributed by atoms with Crippen molar-refractivity contribution in [2.24, 2.45) is 0 Å². The summed E-state index contributed by atoms with van der Waals surface area (Å²) in [6, 6.07) is 0. The number of halogens is 2. The van der Waals surface area contributed by atoms with Crippen LogP contribution in [0.25, 0.3) is 0 Å². The van der Waals surface area contributed by atoms with Crippen molar-refractivity contribution in [2.75, 3.05) is 0 Å². The standard InChI is InChI=1S/ClHO4.ClH.2K/c2-1(3,4)5;;;/h(H,2,3,4,5);1H;;/q;;2*+1/p-2. The van der Waals surface area contributed by atoms with Gasteiger partial charge in [0.2, 0.25) is 0 Å². The van der Waals surface area contributed by atoms with Gasteiger partial charge in [0.05, 0.1) is 0 Å². The first-order valence-electron chi connectivity index (χ1n) is 0.617. The summed E-state index contributed by atoms with van der Waals surface area (Å²) in [4.78, 5) is 0. The van der Waals surface area contributed by atoms with Gasteiger partial charge in [0.15, 0.2) is 0 Å². The van der Waals surface area contributed by atoms with Gasteiger partial charge in [-0.2, -0.15) is 0 Å². The molecule has 0 atom stereocenters. The Morgan fingerprint density at radius 1 is 0.750 bits per heavy atom. The molecular formula is Cl2K2O4. The molecule has 0 spiro atoms. The molecule has 0 aromatic carbocycles. The predicted molar refractivity (Wildman–Crippen MR) is 0 cm³/mol. The van der Waals surface area contributed by atoms with Crippen LogP contribution in [-0.4, -0.2) is 0 Å². The summed E-state index contributed by atoms with van der Waals surface area (Å²) in [7, 11) is -4.94. The van der Waals surface area contributed by atoms with Gasteiger partial charge < -0.3 is 12.4 Å². The molecule has 4 nitrogen and oxygen atoms in total. The maximum Gasteiger partial charge on any atom is 1.00 e. The molecule has 0 rings (SSSR count). The molecule has 0 aliphatic heterocycles. The zero-order chi connectivity index (χ0) is 4.50. The summed E-state index contributed by atoms with van der Waals surface area (Å²) in [6.45, 7) is 0. The number of hydrogen-bond donors (Lipinski definition) is 0. The Labute approximate surface area is 140 Å². The minimum absolute atomic E-state index is 0. The molecule has 40 valence electrons. The Bertz CT molecular complexity index is 27.5. The molecule has 0 unspecified atom stereocenters. The van der Waals surface area contributed by atoms with Gasteiger partial charge in [-0.3, -0.25) is 0 Å². The molecule has 8 heteroatoms. The average Bonchev–Trinajstić information content (AvgIpc) is 0.722. The molecule has 0 aliphatic rings. The zero-order valence-corrected chi connectivity index (χ0v) is 12.1. The van der Waals surface area contributed by atoms with Crippen LogP contribution in [0.15, 0.2) is 0 Å². The van der Waals surface area contributed by atoms with Crippen LogP contribution in [0.4, 0.5) is 0 Å². The smallest absolute Gasteiger partial charge is 1.00 e. The van der Waals surface area contributed by atoms with E-state index in [4.69, 9.17) is 18.6 Å². The predicted octanol–water partition coefficient (Wildman–Crippen LogP) is -13.7. The fourth-order valence-electron chi connectivity index (χ4n) is 0. The molecule has 8 heavy (non-hydrogen) atoms. The van der Waals surface area contributed by atoms with E-state index in [1.54, 1.807) is 0 Å². The summed E-state index contributed by atoms with van der Waals surface area (Å²) in [5, 5.41) is 0. The minimum atomic E-state index is -4.94. The normalized spacial score (nSPS) is 7.50. The van der Waals surface area contributed by atoms with E-state index in [2.05, 4.69) is 0 Å². The van der Waals surface area contributed by atoms with Crippen LogP contribution in [0, 0.1) is 10.2 Å². The van der Waals surface area contributed by atoms with Crippen LogP contribution in [-0.2, 0) is 0 Å². The monoisotopic (exact) mass is 212 g/mol. The third kappa shape index (κ3) is 53.7. The Morgan fingerprint density at radius 3 is 0.750 bits per heavy atom. The van der Waals surface area contributed by atoms with Crippen molar-refractivity contribution >= 4 is 0 Å². The Hall–Kier alpha value is 3.69. The second-order valence-corrected chi connectivity index (χ2v) is 1.13. The molecule has 0 heterocycles. The second-order valence-electron chi connectivity index (χ2n) is 0.378. The molecule has 0 bridgehead atoms. The van der Waals surface area contributed by atoms with Gasteiger partial charge >= 0.3 is 103 Å². The summed E-state index contributed by atoms with van der Waals surface area (Å²) in [6.07, 6.45) is 0. The first kappa shape index (κ1) is 22.6. The zero-order valence-electron chi connectivity index (χ0n) is 4.39. The van der Waals surface area contributed by atoms with Gasteiger partial charge in [-0.1, -0.05) is 0 Å². The van der Waals surface area contributed by atoms with E-state index in [1.165, 1.54) is 0 Å². The molecule has 0 N–H and O–H groups in total. The fraction of sp³-hybridized carbons (Fsp3) is 0. The van der Waals surface area contributed by atoms with Crippen LogP contribution < -0.4 is 134 Å². The minimum Gasteiger partial charge on any atom is -1.00 e. The van der Waals surface area contributed by atoms with E-state index < -0.39 is 10.2 Å². The molecule has 0 saturated heterocycles. The van der Waals surface area contributed by atoms with Crippen LogP contribution in [0.1, 0.15) is 0 Å². The second kappa shape index (κ2) is 10.7. The van der Waals surface area contributed by atoms with Crippen molar-refractivity contribution in [1.82, 2.24) is 0 Å². The third-order valence-corrected chi connectivity index (χ3v) is 0. The fourth-order valence-corrected chi connectivity index (χ4v) is 0. The van der Waals surface area contributed by atoms with Gasteiger partial charge in [0, 0.05) is 0 Å². The molecule has 0 aromatic heterocycles. The maximum absolute atomic E-state index is 8.49. The topological polar surface area (TPSA) is 92.2 Å². The van der Waals surface area contributed by atoms with E-state index in [0.717, 1.165) is 0 Å². The Kier molecular flexibility index (Phi) is 30.2. The van der Waals surface area contributed by atoms with Gasteiger partial charge in [-0.25, -0.2) is 18.6 Å². The van der Waals surface area contributed by atoms with Crippen LogP contribution in [0.5, 0.6) is 0 Å². The molecule has 0 saturated carbocycles. The molecule has 0 aromatic rings. The van der Waals surface area contributed by atoms with Crippen LogP contribution in [0.3, 0.4) is 0 Å². The molecule has 0 aliphatic carbocycles. The first-order chi connectivity index (χ1) is 2.00. The number of rotatable bonds is 0. The third-order valence-electron chi connectivity index (χ3n) is 0. The average molecular weight is 213 g/mol. The van der Waals surface area contributed by atoms with Crippen molar-refractivity contribution in [2.45, 2.75) is 0 Å². The van der Waals surface area contributed by atoms with Gasteiger partial charge in [0.25, 0.3) is 0 Å². The van der Waals surface area contributed by atoms with E-state index in [0.29, 0.717) is 0 Å². The molecule has 0 amide bonds. The van der Waals surface area contributed by atoms with Gasteiger partial charge in [-0.15, -0.1) is 10.2 Å². The van der Waals surface area contributed by atoms with Crippen molar-refractivity contribution in [3.63, 3.8) is 0 Å². The van der Waals surface area contributed by atoms with Gasteiger partial charge in [0.1, 0.15) is 0 Å². The molecular weight excluding hydrogens is 213 g/mol. The van der Waals surface area contributed by atoms with Crippen molar-refractivity contribution in [3.8, 4) is 0 Å². The largest absolute Gasteiger partial charge is 1.00 e. The van der Waals surface area contributed by atoms with E-state index in [-0.39, 0.29) is 115 Å². The van der Waals surface area contributed by atoms with Crippen molar-refractivity contribution in [3.05, 3.63) is 0 Å². The van der Waals surface area contributed by atoms with E-state index >= 15 is 0 Å². The Morgan fingerprint density at radius 2 is 0.750 bits per heavy atom. The van der Waals surface area contributed by atoms with Crippen molar-refractivity contribution in [1.29, 1.82) is 0 Å². The van der Waals surface area contributed by atoms with Crippen LogP contribution >= 0.6 is 0 Å². The Balaban J connectivity index is -0.0000000267. The molecule has 0 fully saturated rings. The van der Waals surface area contributed by atoms with Gasteiger partial charge in [-0.05, 0) is 0 Å². The summed E-state index contributed by atoms with van der Waals surface area (Å²) in [5.41, 5.74) is 0. The van der Waals surface area contributed by atoms with Crippen molar-refractivity contribution < 1.29 is 144 Å². The summed E-state index contributed by atoms with van der Waals surface area (Å²) < 4.78 is 34.0. The molecule has 0 radical (unpaired) electrons. The first-order valence-corrected chi connectivity index (χ1v) is 1.85.